The molecular weight excluding hydrogens is 405 g/mol. The molecule has 32 heavy (non-hydrogen) atoms. The Morgan fingerprint density at radius 3 is 2.28 bits per heavy atom. The molecule has 0 saturated carbocycles. The van der Waals surface area contributed by atoms with Crippen LogP contribution in [0.2, 0.25) is 0 Å². The first kappa shape index (κ1) is 23.2. The van der Waals surface area contributed by atoms with Gasteiger partial charge in [0.25, 0.3) is 5.91 Å². The summed E-state index contributed by atoms with van der Waals surface area (Å²) in [5.74, 6) is -0.0687. The molecular formula is C23H36BN5O3. The second-order valence-corrected chi connectivity index (χ2v) is 11.1. The highest BCUT2D eigenvalue weighted by atomic mass is 16.7. The zero-order chi connectivity index (χ0) is 23.5. The predicted octanol–water partition coefficient (Wildman–Crippen LogP) is 2.80. The van der Waals surface area contributed by atoms with Crippen LogP contribution in [0.4, 0.5) is 0 Å². The molecule has 4 heterocycles. The summed E-state index contributed by atoms with van der Waals surface area (Å²) in [4.78, 5) is 18.2. The van der Waals surface area contributed by atoms with Crippen molar-refractivity contribution in [2.75, 3.05) is 20.1 Å². The van der Waals surface area contributed by atoms with Crippen LogP contribution >= 0.6 is 0 Å². The van der Waals surface area contributed by atoms with Gasteiger partial charge in [-0.2, -0.15) is 5.10 Å². The lowest BCUT2D eigenvalue weighted by atomic mass is 9.85. The average molecular weight is 441 g/mol. The molecule has 1 amide bonds. The molecule has 2 aliphatic rings. The topological polar surface area (TPSA) is 72.2 Å². The minimum absolute atomic E-state index is 0.0687. The number of hydrogen-bond acceptors (Lipinski definition) is 6. The van der Waals surface area contributed by atoms with Gasteiger partial charge in [0.05, 0.1) is 22.5 Å². The van der Waals surface area contributed by atoms with Crippen LogP contribution in [0.25, 0.3) is 5.65 Å². The van der Waals surface area contributed by atoms with Gasteiger partial charge in [-0.3, -0.25) is 9.80 Å². The van der Waals surface area contributed by atoms with E-state index in [1.807, 2.05) is 61.4 Å². The number of hydrogen-bond donors (Lipinski definition) is 0. The molecule has 0 aliphatic carbocycles. The summed E-state index contributed by atoms with van der Waals surface area (Å²) in [6, 6.07) is 3.76. The van der Waals surface area contributed by atoms with Crippen LogP contribution in [-0.4, -0.2) is 69.0 Å². The SMILES string of the molecule is CN1CCCCCN1C(=O)c1cc(C(C)(C)C)n2nc(B3OC(C)(C)C(C)(C)O3)cc2n1. The van der Waals surface area contributed by atoms with Crippen LogP contribution in [0, 0.1) is 0 Å². The van der Waals surface area contributed by atoms with Gasteiger partial charge in [-0.1, -0.05) is 27.2 Å². The Bertz CT molecular complexity index is 1010. The van der Waals surface area contributed by atoms with Gasteiger partial charge in [0.1, 0.15) is 5.69 Å². The van der Waals surface area contributed by atoms with Gasteiger partial charge < -0.3 is 9.31 Å². The van der Waals surface area contributed by atoms with Crippen LogP contribution in [0.15, 0.2) is 12.1 Å². The van der Waals surface area contributed by atoms with E-state index < -0.39 is 18.3 Å². The lowest BCUT2D eigenvalue weighted by molar-refractivity contribution is 0.00578. The van der Waals surface area contributed by atoms with Gasteiger partial charge in [0.2, 0.25) is 0 Å². The van der Waals surface area contributed by atoms with Crippen LogP contribution in [0.3, 0.4) is 0 Å². The second-order valence-electron chi connectivity index (χ2n) is 11.1. The summed E-state index contributed by atoms with van der Waals surface area (Å²) < 4.78 is 14.2. The lowest BCUT2D eigenvalue weighted by Crippen LogP contribution is -2.44. The number of carbonyl (C=O) groups is 1. The summed E-state index contributed by atoms with van der Waals surface area (Å²) in [7, 11) is 1.40. The molecule has 0 N–H and O–H groups in total. The third-order valence-electron chi connectivity index (χ3n) is 6.93. The van der Waals surface area contributed by atoms with Crippen molar-refractivity contribution in [1.82, 2.24) is 24.6 Å². The third-order valence-corrected chi connectivity index (χ3v) is 6.93. The van der Waals surface area contributed by atoms with E-state index in [1.165, 1.54) is 0 Å². The van der Waals surface area contributed by atoms with Crippen LogP contribution in [-0.2, 0) is 14.7 Å². The maximum Gasteiger partial charge on any atom is 0.516 e. The molecule has 0 unspecified atom stereocenters. The van der Waals surface area contributed by atoms with Crippen LogP contribution in [0.5, 0.6) is 0 Å². The summed E-state index contributed by atoms with van der Waals surface area (Å²) in [6.07, 6.45) is 3.23. The van der Waals surface area contributed by atoms with Crippen molar-refractivity contribution in [1.29, 1.82) is 0 Å². The van der Waals surface area contributed by atoms with E-state index in [0.29, 0.717) is 23.5 Å². The van der Waals surface area contributed by atoms with Crippen molar-refractivity contribution in [2.45, 2.75) is 84.3 Å². The summed E-state index contributed by atoms with van der Waals surface area (Å²) in [5, 5.41) is 8.65. The predicted molar refractivity (Wildman–Crippen MR) is 125 cm³/mol. The highest BCUT2D eigenvalue weighted by Gasteiger charge is 2.52. The van der Waals surface area contributed by atoms with E-state index in [4.69, 9.17) is 19.4 Å². The largest absolute Gasteiger partial charge is 0.516 e. The molecule has 8 nitrogen and oxygen atoms in total. The first-order valence-corrected chi connectivity index (χ1v) is 11.6. The minimum Gasteiger partial charge on any atom is -0.398 e. The van der Waals surface area contributed by atoms with Crippen molar-refractivity contribution in [3.05, 3.63) is 23.5 Å². The molecule has 2 aromatic rings. The van der Waals surface area contributed by atoms with E-state index in [-0.39, 0.29) is 11.3 Å². The number of carbonyl (C=O) groups excluding carboxylic acids is 1. The molecule has 2 aliphatic heterocycles. The van der Waals surface area contributed by atoms with Crippen molar-refractivity contribution in [3.8, 4) is 0 Å². The highest BCUT2D eigenvalue weighted by molar-refractivity contribution is 6.61. The van der Waals surface area contributed by atoms with E-state index in [1.54, 1.807) is 0 Å². The van der Waals surface area contributed by atoms with Crippen molar-refractivity contribution < 1.29 is 14.1 Å². The number of aromatic nitrogens is 3. The van der Waals surface area contributed by atoms with Crippen molar-refractivity contribution >= 4 is 24.3 Å². The fraction of sp³-hybridized carbons (Fsp3) is 0.696. The molecule has 0 radical (unpaired) electrons. The maximum atomic E-state index is 13.5. The molecule has 0 atom stereocenters. The Morgan fingerprint density at radius 1 is 1.03 bits per heavy atom. The summed E-state index contributed by atoms with van der Waals surface area (Å²) in [6.45, 7) is 16.0. The molecule has 0 bridgehead atoms. The Hall–Kier alpha value is -1.97. The van der Waals surface area contributed by atoms with E-state index in [9.17, 15) is 4.79 Å². The Morgan fingerprint density at radius 2 is 1.66 bits per heavy atom. The Kier molecular flexibility index (Phi) is 5.67. The molecule has 9 heteroatoms. The number of fused-ring (bicyclic) bond motifs is 1. The summed E-state index contributed by atoms with van der Waals surface area (Å²) >= 11 is 0. The first-order chi connectivity index (χ1) is 14.8. The van der Waals surface area contributed by atoms with Crippen molar-refractivity contribution in [2.24, 2.45) is 0 Å². The fourth-order valence-corrected chi connectivity index (χ4v) is 4.17. The smallest absolute Gasteiger partial charge is 0.398 e. The van der Waals surface area contributed by atoms with Crippen molar-refractivity contribution in [3.63, 3.8) is 0 Å². The molecule has 2 aromatic heterocycles. The van der Waals surface area contributed by atoms with E-state index >= 15 is 0 Å². The van der Waals surface area contributed by atoms with E-state index in [2.05, 4.69) is 20.8 Å². The monoisotopic (exact) mass is 441 g/mol. The number of amides is 1. The molecule has 174 valence electrons. The highest BCUT2D eigenvalue weighted by Crippen LogP contribution is 2.36. The number of hydrazine groups is 1. The second kappa shape index (κ2) is 7.82. The number of nitrogens with zero attached hydrogens (tertiary/aromatic N) is 5. The molecule has 2 saturated heterocycles. The molecule has 0 aromatic carbocycles. The van der Waals surface area contributed by atoms with Crippen LogP contribution < -0.4 is 5.59 Å². The first-order valence-electron chi connectivity index (χ1n) is 11.6. The molecule has 0 spiro atoms. The normalized spacial score (nSPS) is 21.9. The van der Waals surface area contributed by atoms with E-state index in [0.717, 1.165) is 31.5 Å². The van der Waals surface area contributed by atoms with Gasteiger partial charge in [0.15, 0.2) is 5.65 Å². The molecule has 2 fully saturated rings. The quantitative estimate of drug-likeness (QED) is 0.668. The van der Waals surface area contributed by atoms with Gasteiger partial charge in [-0.15, -0.1) is 0 Å². The Balaban J connectivity index is 1.76. The van der Waals surface area contributed by atoms with Gasteiger partial charge >= 0.3 is 7.12 Å². The Labute approximate surface area is 191 Å². The summed E-state index contributed by atoms with van der Waals surface area (Å²) in [5.41, 5.74) is 1.52. The lowest BCUT2D eigenvalue weighted by Gasteiger charge is -2.32. The zero-order valence-electron chi connectivity index (χ0n) is 20.7. The standard InChI is InChI=1S/C23H36BN5O3/c1-21(2,3)17-14-16(20(30)28-13-11-9-10-12-27(28)8)25-19-15-18(26-29(17)19)24-31-22(4,5)23(6,7)32-24/h14-15H,9-13H2,1-8H3. The number of rotatable bonds is 2. The maximum absolute atomic E-state index is 13.5. The van der Waals surface area contributed by atoms with Crippen LogP contribution in [0.1, 0.15) is 83.9 Å². The average Bonchev–Trinajstić information content (AvgIpc) is 3.11. The fourth-order valence-electron chi connectivity index (χ4n) is 4.17. The zero-order valence-corrected chi connectivity index (χ0v) is 20.7. The third kappa shape index (κ3) is 4.06. The van der Waals surface area contributed by atoms with Gasteiger partial charge in [-0.25, -0.2) is 14.5 Å². The molecule has 4 rings (SSSR count). The minimum atomic E-state index is -0.578. The van der Waals surface area contributed by atoms with Gasteiger partial charge in [0, 0.05) is 31.6 Å². The van der Waals surface area contributed by atoms with Gasteiger partial charge in [-0.05, 0) is 46.6 Å².